The van der Waals surface area contributed by atoms with Crippen LogP contribution >= 0.6 is 0 Å². The number of carbonyl (C=O) groups excluding carboxylic acids is 2. The lowest BCUT2D eigenvalue weighted by atomic mass is 9.85. The predicted octanol–water partition coefficient (Wildman–Crippen LogP) is 4.30. The molecule has 2 aromatic carbocycles. The van der Waals surface area contributed by atoms with E-state index in [2.05, 4.69) is 41.0 Å². The molecule has 0 bridgehead atoms. The Morgan fingerprint density at radius 2 is 1.35 bits per heavy atom. The Morgan fingerprint density at radius 3 is 1.97 bits per heavy atom. The van der Waals surface area contributed by atoms with E-state index in [1.807, 2.05) is 37.3 Å². The average molecular weight is 454 g/mol. The first-order valence-corrected chi connectivity index (χ1v) is 12.3. The molecule has 0 amide bonds. The second kappa shape index (κ2) is 9.24. The molecule has 1 saturated heterocycles. The SMILES string of the molecule is CCc1cccc(C2(N3CCN(Cc4ccccc4CC)CC3)C(=O)c3ccccc3C2=O)n1. The van der Waals surface area contributed by atoms with Crippen molar-refractivity contribution >= 4 is 11.6 Å². The van der Waals surface area contributed by atoms with Crippen LogP contribution in [0.2, 0.25) is 0 Å². The van der Waals surface area contributed by atoms with Crippen molar-refractivity contribution in [1.29, 1.82) is 0 Å². The largest absolute Gasteiger partial charge is 0.297 e. The number of pyridine rings is 1. The number of hydrogen-bond acceptors (Lipinski definition) is 5. The Kier molecular flexibility index (Phi) is 6.15. The van der Waals surface area contributed by atoms with Crippen LogP contribution in [-0.4, -0.2) is 52.5 Å². The summed E-state index contributed by atoms with van der Waals surface area (Å²) in [5, 5.41) is 0. The van der Waals surface area contributed by atoms with E-state index in [4.69, 9.17) is 4.98 Å². The predicted molar refractivity (Wildman–Crippen MR) is 133 cm³/mol. The molecule has 5 nitrogen and oxygen atoms in total. The minimum Gasteiger partial charge on any atom is -0.297 e. The third-order valence-corrected chi connectivity index (χ3v) is 7.35. The van der Waals surface area contributed by atoms with E-state index < -0.39 is 5.54 Å². The number of aromatic nitrogens is 1. The lowest BCUT2D eigenvalue weighted by Gasteiger charge is -2.43. The van der Waals surface area contributed by atoms with Gasteiger partial charge >= 0.3 is 0 Å². The Balaban J connectivity index is 1.47. The van der Waals surface area contributed by atoms with Crippen LogP contribution in [0.3, 0.4) is 0 Å². The molecule has 0 saturated carbocycles. The van der Waals surface area contributed by atoms with Crippen LogP contribution in [0.15, 0.2) is 66.7 Å². The topological polar surface area (TPSA) is 53.5 Å². The van der Waals surface area contributed by atoms with Crippen LogP contribution in [-0.2, 0) is 24.9 Å². The number of nitrogens with zero attached hydrogens (tertiary/aromatic N) is 3. The second-order valence-corrected chi connectivity index (χ2v) is 9.17. The minimum absolute atomic E-state index is 0.140. The van der Waals surface area contributed by atoms with Crippen LogP contribution in [0, 0.1) is 0 Å². The van der Waals surface area contributed by atoms with Gasteiger partial charge in [-0.05, 0) is 36.1 Å². The highest BCUT2D eigenvalue weighted by Crippen LogP contribution is 2.42. The zero-order valence-corrected chi connectivity index (χ0v) is 20.0. The van der Waals surface area contributed by atoms with Gasteiger partial charge in [-0.3, -0.25) is 24.4 Å². The summed E-state index contributed by atoms with van der Waals surface area (Å²) in [6, 6.07) is 21.5. The quantitative estimate of drug-likeness (QED) is 0.521. The Hall–Kier alpha value is -3.15. The van der Waals surface area contributed by atoms with Crippen molar-refractivity contribution in [2.45, 2.75) is 38.8 Å². The summed E-state index contributed by atoms with van der Waals surface area (Å²) >= 11 is 0. The van der Waals surface area contributed by atoms with Crippen molar-refractivity contribution in [3.8, 4) is 0 Å². The number of Topliss-reactive ketones (excluding diaryl/α,β-unsaturated/α-hetero) is 2. The van der Waals surface area contributed by atoms with Gasteiger partial charge in [-0.2, -0.15) is 0 Å². The van der Waals surface area contributed by atoms with Gasteiger partial charge in [0, 0.05) is 49.5 Å². The van der Waals surface area contributed by atoms with Crippen molar-refractivity contribution < 1.29 is 9.59 Å². The third-order valence-electron chi connectivity index (χ3n) is 7.35. The highest BCUT2D eigenvalue weighted by atomic mass is 16.2. The van der Waals surface area contributed by atoms with E-state index in [0.717, 1.165) is 38.2 Å². The van der Waals surface area contributed by atoms with E-state index in [-0.39, 0.29) is 11.6 Å². The molecule has 0 spiro atoms. The number of benzene rings is 2. The molecule has 2 heterocycles. The molecule has 34 heavy (non-hydrogen) atoms. The molecular weight excluding hydrogens is 422 g/mol. The zero-order valence-electron chi connectivity index (χ0n) is 20.0. The highest BCUT2D eigenvalue weighted by Gasteiger charge is 2.59. The van der Waals surface area contributed by atoms with Gasteiger partial charge in [0.05, 0.1) is 5.69 Å². The third kappa shape index (κ3) is 3.60. The van der Waals surface area contributed by atoms with Gasteiger partial charge in [0.2, 0.25) is 0 Å². The Bertz CT molecular complexity index is 1190. The maximum atomic E-state index is 14.0. The molecule has 0 radical (unpaired) electrons. The summed E-state index contributed by atoms with van der Waals surface area (Å²) in [7, 11) is 0. The number of piperazine rings is 1. The van der Waals surface area contributed by atoms with Crippen molar-refractivity contribution in [3.05, 3.63) is 100 Å². The van der Waals surface area contributed by atoms with Gasteiger partial charge in [-0.15, -0.1) is 0 Å². The fraction of sp³-hybridized carbons (Fsp3) is 0.345. The van der Waals surface area contributed by atoms with E-state index in [1.165, 1.54) is 11.1 Å². The monoisotopic (exact) mass is 453 g/mol. The summed E-state index contributed by atoms with van der Waals surface area (Å²) in [6.45, 7) is 7.98. The van der Waals surface area contributed by atoms with E-state index >= 15 is 0 Å². The maximum Gasteiger partial charge on any atom is 0.198 e. The van der Waals surface area contributed by atoms with Gasteiger partial charge in [-0.1, -0.05) is 68.4 Å². The molecule has 0 N–H and O–H groups in total. The molecule has 0 unspecified atom stereocenters. The fourth-order valence-electron chi connectivity index (χ4n) is 5.47. The first-order valence-electron chi connectivity index (χ1n) is 12.3. The number of fused-ring (bicyclic) bond motifs is 1. The number of aryl methyl sites for hydroxylation is 2. The van der Waals surface area contributed by atoms with Crippen molar-refractivity contribution in [2.75, 3.05) is 26.2 Å². The summed E-state index contributed by atoms with van der Waals surface area (Å²) in [4.78, 5) is 37.3. The molecule has 1 aliphatic carbocycles. The highest BCUT2D eigenvalue weighted by molar-refractivity contribution is 6.32. The second-order valence-electron chi connectivity index (χ2n) is 9.17. The van der Waals surface area contributed by atoms with Gasteiger partial charge in [-0.25, -0.2) is 0 Å². The number of carbonyl (C=O) groups is 2. The first-order chi connectivity index (χ1) is 16.6. The minimum atomic E-state index is -1.37. The van der Waals surface area contributed by atoms with Crippen molar-refractivity contribution in [2.24, 2.45) is 0 Å². The van der Waals surface area contributed by atoms with Crippen molar-refractivity contribution in [3.63, 3.8) is 0 Å². The normalized spacial score (nSPS) is 18.3. The Labute approximate surface area is 201 Å². The first kappa shape index (κ1) is 22.6. The average Bonchev–Trinajstić information content (AvgIpc) is 3.12. The summed E-state index contributed by atoms with van der Waals surface area (Å²) in [5.74, 6) is -0.280. The molecular formula is C29H31N3O2. The van der Waals surface area contributed by atoms with Crippen LogP contribution in [0.5, 0.6) is 0 Å². The van der Waals surface area contributed by atoms with Gasteiger partial charge < -0.3 is 0 Å². The molecule has 5 rings (SSSR count). The summed E-state index contributed by atoms with van der Waals surface area (Å²) in [6.07, 6.45) is 1.77. The number of ketones is 2. The van der Waals surface area contributed by atoms with E-state index in [1.54, 1.807) is 12.1 Å². The van der Waals surface area contributed by atoms with Gasteiger partial charge in [0.1, 0.15) is 0 Å². The molecule has 0 atom stereocenters. The molecule has 3 aromatic rings. The van der Waals surface area contributed by atoms with Crippen molar-refractivity contribution in [1.82, 2.24) is 14.8 Å². The van der Waals surface area contributed by atoms with Crippen LogP contribution in [0.1, 0.15) is 57.1 Å². The van der Waals surface area contributed by atoms with E-state index in [0.29, 0.717) is 29.9 Å². The standard InChI is InChI=1S/C29H31N3O2/c1-3-21-10-5-6-11-22(21)20-31-16-18-32(19-17-31)29(26-15-9-12-23(4-2)30-26)27(33)24-13-7-8-14-25(24)28(29)34/h5-15H,3-4,16-20H2,1-2H3. The molecule has 1 aromatic heterocycles. The van der Waals surface area contributed by atoms with Crippen LogP contribution in [0.25, 0.3) is 0 Å². The van der Waals surface area contributed by atoms with Crippen LogP contribution < -0.4 is 0 Å². The Morgan fingerprint density at radius 1 is 0.735 bits per heavy atom. The summed E-state index contributed by atoms with van der Waals surface area (Å²) < 4.78 is 0. The lowest BCUT2D eigenvalue weighted by molar-refractivity contribution is 0.0266. The number of rotatable bonds is 6. The molecule has 2 aliphatic rings. The fourth-order valence-corrected chi connectivity index (χ4v) is 5.47. The number of hydrogen-bond donors (Lipinski definition) is 0. The summed E-state index contributed by atoms with van der Waals surface area (Å²) in [5.41, 5.74) is 3.82. The zero-order chi connectivity index (χ0) is 23.7. The maximum absolute atomic E-state index is 14.0. The van der Waals surface area contributed by atoms with Crippen LogP contribution in [0.4, 0.5) is 0 Å². The van der Waals surface area contributed by atoms with Gasteiger partial charge in [0.25, 0.3) is 0 Å². The lowest BCUT2D eigenvalue weighted by Crippen LogP contribution is -2.60. The molecule has 1 aliphatic heterocycles. The molecule has 1 fully saturated rings. The molecule has 5 heteroatoms. The van der Waals surface area contributed by atoms with Gasteiger partial charge in [0.15, 0.2) is 17.1 Å². The smallest absolute Gasteiger partial charge is 0.198 e. The molecule has 174 valence electrons. The van der Waals surface area contributed by atoms with E-state index in [9.17, 15) is 9.59 Å².